The maximum absolute atomic E-state index is 12.1. The van der Waals surface area contributed by atoms with Crippen molar-refractivity contribution < 1.29 is 24.0 Å². The van der Waals surface area contributed by atoms with E-state index in [1.165, 1.54) is 40.7 Å². The Morgan fingerprint density at radius 2 is 1.62 bits per heavy atom. The average molecular weight is 298 g/mol. The molecule has 7 heteroatoms. The molecule has 1 rings (SSSR count). The van der Waals surface area contributed by atoms with Crippen LogP contribution in [0.1, 0.15) is 17.2 Å². The van der Waals surface area contributed by atoms with Crippen LogP contribution in [-0.4, -0.2) is 51.7 Å². The van der Waals surface area contributed by atoms with Gasteiger partial charge < -0.3 is 4.74 Å². The van der Waals surface area contributed by atoms with Crippen LogP contribution in [0.4, 0.5) is 0 Å². The summed E-state index contributed by atoms with van der Waals surface area (Å²) in [6, 6.07) is 7.42. The molecule has 0 radical (unpaired) electrons. The first kappa shape index (κ1) is 17.5. The second kappa shape index (κ2) is 8.71. The summed E-state index contributed by atoms with van der Waals surface area (Å²) < 4.78 is 5.25. The van der Waals surface area contributed by atoms with Gasteiger partial charge in [-0.15, -0.1) is 0 Å². The molecule has 1 amide bonds. The summed E-state index contributed by atoms with van der Waals surface area (Å²) in [6.45, 7) is 0.469. The molecule has 7 nitrogen and oxygen atoms in total. The van der Waals surface area contributed by atoms with E-state index < -0.39 is 6.10 Å². The van der Waals surface area contributed by atoms with E-state index >= 15 is 0 Å². The number of amides is 1. The number of hydroxylamine groups is 4. The molecule has 0 aliphatic carbocycles. The molecule has 0 saturated carbocycles. The lowest BCUT2D eigenvalue weighted by atomic mass is 10.1. The van der Waals surface area contributed by atoms with Crippen molar-refractivity contribution in [1.82, 2.24) is 10.3 Å². The van der Waals surface area contributed by atoms with E-state index in [4.69, 9.17) is 19.2 Å². The molecule has 118 valence electrons. The Hall–Kier alpha value is -1.51. The van der Waals surface area contributed by atoms with Crippen molar-refractivity contribution in [2.45, 2.75) is 12.6 Å². The van der Waals surface area contributed by atoms with E-state index in [0.717, 1.165) is 16.2 Å². The van der Waals surface area contributed by atoms with Crippen molar-refractivity contribution in [3.63, 3.8) is 0 Å². The number of carbonyl (C=O) groups excluding carboxylic acids is 1. The Morgan fingerprint density at radius 1 is 1.05 bits per heavy atom. The van der Waals surface area contributed by atoms with E-state index in [0.29, 0.717) is 6.54 Å². The van der Waals surface area contributed by atoms with Crippen molar-refractivity contribution >= 4 is 5.91 Å². The van der Waals surface area contributed by atoms with E-state index in [1.807, 2.05) is 24.3 Å². The Morgan fingerprint density at radius 3 is 2.05 bits per heavy atom. The van der Waals surface area contributed by atoms with E-state index in [2.05, 4.69) is 0 Å². The number of rotatable bonds is 8. The standard InChI is InChI=1S/C14H22N2O5/c1-15(19-3)14(17)13(18-2)12-8-6-11(7-9-12)10-16(20-4)21-5/h6-9,13H,10H2,1-5H3. The smallest absolute Gasteiger partial charge is 0.279 e. The van der Waals surface area contributed by atoms with Crippen LogP contribution in [0, 0.1) is 0 Å². The maximum atomic E-state index is 12.1. The number of benzene rings is 1. The lowest BCUT2D eigenvalue weighted by molar-refractivity contribution is -0.349. The summed E-state index contributed by atoms with van der Waals surface area (Å²) >= 11 is 0. The third-order valence-electron chi connectivity index (χ3n) is 3.05. The van der Waals surface area contributed by atoms with Gasteiger partial charge in [-0.05, 0) is 11.1 Å². The number of methoxy groups -OCH3 is 1. The average Bonchev–Trinajstić information content (AvgIpc) is 2.53. The summed E-state index contributed by atoms with van der Waals surface area (Å²) in [5, 5.41) is 2.48. The largest absolute Gasteiger partial charge is 0.367 e. The number of carbonyl (C=O) groups is 1. The van der Waals surface area contributed by atoms with Crippen LogP contribution >= 0.6 is 0 Å². The molecule has 0 fully saturated rings. The monoisotopic (exact) mass is 298 g/mol. The molecule has 0 heterocycles. The molecule has 1 aromatic rings. The van der Waals surface area contributed by atoms with Crippen LogP contribution in [0.15, 0.2) is 24.3 Å². The van der Waals surface area contributed by atoms with Gasteiger partial charge in [0.25, 0.3) is 5.91 Å². The summed E-state index contributed by atoms with van der Waals surface area (Å²) in [5.41, 5.74) is 1.72. The Balaban J connectivity index is 2.82. The predicted octanol–water partition coefficient (Wildman–Crippen LogP) is 1.32. The molecule has 1 aromatic carbocycles. The van der Waals surface area contributed by atoms with Crippen LogP contribution in [0.25, 0.3) is 0 Å². The third-order valence-corrected chi connectivity index (χ3v) is 3.05. The van der Waals surface area contributed by atoms with Gasteiger partial charge in [0.1, 0.15) is 0 Å². The number of likely N-dealkylation sites (N-methyl/N-ethyl adjacent to an activating group) is 1. The van der Waals surface area contributed by atoms with Crippen molar-refractivity contribution in [2.24, 2.45) is 0 Å². The highest BCUT2D eigenvalue weighted by molar-refractivity contribution is 5.81. The van der Waals surface area contributed by atoms with Gasteiger partial charge in [-0.1, -0.05) is 29.5 Å². The lowest BCUT2D eigenvalue weighted by Gasteiger charge is -2.21. The molecule has 1 unspecified atom stereocenters. The van der Waals surface area contributed by atoms with Gasteiger partial charge in [0.15, 0.2) is 6.10 Å². The first-order valence-electron chi connectivity index (χ1n) is 6.36. The fourth-order valence-corrected chi connectivity index (χ4v) is 1.79. The summed E-state index contributed by atoms with van der Waals surface area (Å²) in [7, 11) is 7.50. The summed E-state index contributed by atoms with van der Waals surface area (Å²) in [4.78, 5) is 27.0. The highest BCUT2D eigenvalue weighted by Crippen LogP contribution is 2.20. The van der Waals surface area contributed by atoms with Crippen molar-refractivity contribution in [3.05, 3.63) is 35.4 Å². The minimum atomic E-state index is -0.704. The van der Waals surface area contributed by atoms with Gasteiger partial charge in [0.05, 0.1) is 27.9 Å². The molecular formula is C14H22N2O5. The van der Waals surface area contributed by atoms with Crippen molar-refractivity contribution in [2.75, 3.05) is 35.5 Å². The molecule has 21 heavy (non-hydrogen) atoms. The minimum Gasteiger partial charge on any atom is -0.367 e. The third kappa shape index (κ3) is 4.76. The molecular weight excluding hydrogens is 276 g/mol. The van der Waals surface area contributed by atoms with Gasteiger partial charge in [0, 0.05) is 14.2 Å². The van der Waals surface area contributed by atoms with Crippen LogP contribution in [0.2, 0.25) is 0 Å². The highest BCUT2D eigenvalue weighted by Gasteiger charge is 2.23. The van der Waals surface area contributed by atoms with Gasteiger partial charge >= 0.3 is 0 Å². The topological polar surface area (TPSA) is 60.5 Å². The molecule has 0 bridgehead atoms. The van der Waals surface area contributed by atoms with Gasteiger partial charge in [-0.2, -0.15) is 0 Å². The van der Waals surface area contributed by atoms with Crippen LogP contribution < -0.4 is 0 Å². The molecule has 0 N–H and O–H groups in total. The first-order valence-corrected chi connectivity index (χ1v) is 6.36. The lowest BCUT2D eigenvalue weighted by Crippen LogP contribution is -2.31. The molecule has 0 saturated heterocycles. The highest BCUT2D eigenvalue weighted by atomic mass is 16.9. The van der Waals surface area contributed by atoms with Crippen molar-refractivity contribution in [1.29, 1.82) is 0 Å². The van der Waals surface area contributed by atoms with Crippen LogP contribution in [-0.2, 0) is 30.6 Å². The fourth-order valence-electron chi connectivity index (χ4n) is 1.79. The van der Waals surface area contributed by atoms with Gasteiger partial charge in [-0.25, -0.2) is 5.06 Å². The Labute approximate surface area is 124 Å². The number of hydrogen-bond donors (Lipinski definition) is 0. The zero-order valence-corrected chi connectivity index (χ0v) is 13.0. The fraction of sp³-hybridized carbons (Fsp3) is 0.500. The zero-order chi connectivity index (χ0) is 15.8. The second-order valence-electron chi connectivity index (χ2n) is 4.23. The summed E-state index contributed by atoms with van der Waals surface area (Å²) in [6.07, 6.45) is -0.704. The molecule has 1 atom stereocenters. The first-order chi connectivity index (χ1) is 10.1. The maximum Gasteiger partial charge on any atom is 0.279 e. The van der Waals surface area contributed by atoms with Gasteiger partial charge in [-0.3, -0.25) is 19.3 Å². The van der Waals surface area contributed by atoms with E-state index in [1.54, 1.807) is 0 Å². The number of nitrogens with zero attached hydrogens (tertiary/aromatic N) is 2. The Kier molecular flexibility index (Phi) is 7.27. The molecule has 0 aliphatic heterocycles. The predicted molar refractivity (Wildman–Crippen MR) is 75.5 cm³/mol. The number of ether oxygens (including phenoxy) is 1. The molecule has 0 spiro atoms. The van der Waals surface area contributed by atoms with E-state index in [9.17, 15) is 4.79 Å². The second-order valence-corrected chi connectivity index (χ2v) is 4.23. The Bertz CT molecular complexity index is 433. The normalized spacial score (nSPS) is 12.5. The molecule has 0 aromatic heterocycles. The van der Waals surface area contributed by atoms with E-state index in [-0.39, 0.29) is 5.91 Å². The van der Waals surface area contributed by atoms with Crippen LogP contribution in [0.3, 0.4) is 0 Å². The molecule has 0 aliphatic rings. The zero-order valence-electron chi connectivity index (χ0n) is 13.0. The number of hydrogen-bond acceptors (Lipinski definition) is 6. The quantitative estimate of drug-likeness (QED) is 0.675. The minimum absolute atomic E-state index is 0.275. The SMILES string of the molecule is COC(C(=O)N(C)OC)c1ccc(CN(OC)OC)cc1. The summed E-state index contributed by atoms with van der Waals surface area (Å²) in [5.74, 6) is -0.275. The van der Waals surface area contributed by atoms with Gasteiger partial charge in [0.2, 0.25) is 0 Å². The van der Waals surface area contributed by atoms with Crippen molar-refractivity contribution in [3.8, 4) is 0 Å². The van der Waals surface area contributed by atoms with Crippen LogP contribution in [0.5, 0.6) is 0 Å².